The number of Topliss-reactive ketones (excluding diaryl/α,β-unsaturated/α-hetero) is 1. The zero-order valence-electron chi connectivity index (χ0n) is 14.3. The first kappa shape index (κ1) is 16.3. The Labute approximate surface area is 147 Å². The number of rotatable bonds is 2. The second-order valence-corrected chi connectivity index (χ2v) is 9.15. The SMILES string of the molecule is Cc1nn(C2CCS(=O)(=O)C2)c(C)c1/C=C1\Cc2ccccc2C1=O. The minimum absolute atomic E-state index is 0.0746. The molecule has 1 unspecified atom stereocenters. The highest BCUT2D eigenvalue weighted by Crippen LogP contribution is 2.31. The summed E-state index contributed by atoms with van der Waals surface area (Å²) in [5.74, 6) is 0.445. The Kier molecular flexibility index (Phi) is 3.68. The fourth-order valence-electron chi connectivity index (χ4n) is 3.85. The maximum absolute atomic E-state index is 12.6. The minimum atomic E-state index is -2.96. The third-order valence-corrected chi connectivity index (χ3v) is 6.94. The van der Waals surface area contributed by atoms with E-state index in [0.717, 1.165) is 33.7 Å². The Bertz CT molecular complexity index is 1020. The average molecular weight is 356 g/mol. The van der Waals surface area contributed by atoms with E-state index in [4.69, 9.17) is 0 Å². The fraction of sp³-hybridized carbons (Fsp3) is 0.368. The van der Waals surface area contributed by atoms with Gasteiger partial charge in [0.25, 0.3) is 0 Å². The summed E-state index contributed by atoms with van der Waals surface area (Å²) in [4.78, 5) is 12.6. The quantitative estimate of drug-likeness (QED) is 0.776. The summed E-state index contributed by atoms with van der Waals surface area (Å²) in [6.07, 6.45) is 3.17. The Morgan fingerprint density at radius 1 is 1.24 bits per heavy atom. The van der Waals surface area contributed by atoms with Crippen LogP contribution in [0.3, 0.4) is 0 Å². The van der Waals surface area contributed by atoms with Crippen molar-refractivity contribution in [2.45, 2.75) is 32.7 Å². The second-order valence-electron chi connectivity index (χ2n) is 6.92. The van der Waals surface area contributed by atoms with Crippen LogP contribution in [0, 0.1) is 13.8 Å². The number of nitrogens with zero attached hydrogens (tertiary/aromatic N) is 2. The van der Waals surface area contributed by atoms with Crippen molar-refractivity contribution >= 4 is 21.7 Å². The van der Waals surface area contributed by atoms with Crippen molar-refractivity contribution in [3.05, 3.63) is 57.9 Å². The lowest BCUT2D eigenvalue weighted by Crippen LogP contribution is -2.14. The molecule has 6 heteroatoms. The van der Waals surface area contributed by atoms with Gasteiger partial charge in [-0.3, -0.25) is 9.48 Å². The van der Waals surface area contributed by atoms with Gasteiger partial charge in [0.15, 0.2) is 15.6 Å². The van der Waals surface area contributed by atoms with Crippen molar-refractivity contribution in [2.75, 3.05) is 11.5 Å². The van der Waals surface area contributed by atoms with Crippen molar-refractivity contribution < 1.29 is 13.2 Å². The van der Waals surface area contributed by atoms with Gasteiger partial charge >= 0.3 is 0 Å². The summed E-state index contributed by atoms with van der Waals surface area (Å²) >= 11 is 0. The molecule has 0 bridgehead atoms. The molecule has 25 heavy (non-hydrogen) atoms. The topological polar surface area (TPSA) is 69.0 Å². The van der Waals surface area contributed by atoms with E-state index in [-0.39, 0.29) is 23.3 Å². The van der Waals surface area contributed by atoms with Gasteiger partial charge in [0.1, 0.15) is 0 Å². The first-order valence-electron chi connectivity index (χ1n) is 8.45. The van der Waals surface area contributed by atoms with Gasteiger partial charge in [0.2, 0.25) is 0 Å². The molecule has 4 rings (SSSR count). The van der Waals surface area contributed by atoms with Crippen LogP contribution in [0.2, 0.25) is 0 Å². The average Bonchev–Trinajstić information content (AvgIpc) is 3.18. The lowest BCUT2D eigenvalue weighted by Gasteiger charge is -2.11. The number of benzene rings is 1. The normalized spacial score (nSPS) is 23.4. The molecule has 0 amide bonds. The van der Waals surface area contributed by atoms with Gasteiger partial charge < -0.3 is 0 Å². The Morgan fingerprint density at radius 2 is 2.00 bits per heavy atom. The standard InChI is InChI=1S/C19H20N2O3S/c1-12-18(10-15-9-14-5-3-4-6-17(14)19(15)22)13(2)21(20-12)16-7-8-25(23,24)11-16/h3-6,10,16H,7-9,11H2,1-2H3/b15-10+. The van der Waals surface area contributed by atoms with Crippen molar-refractivity contribution in [2.24, 2.45) is 0 Å². The Balaban J connectivity index is 1.70. The third kappa shape index (κ3) is 2.74. The van der Waals surface area contributed by atoms with E-state index in [0.29, 0.717) is 12.8 Å². The fourth-order valence-corrected chi connectivity index (χ4v) is 5.55. The molecular weight excluding hydrogens is 336 g/mol. The van der Waals surface area contributed by atoms with E-state index in [2.05, 4.69) is 5.10 Å². The highest BCUT2D eigenvalue weighted by Gasteiger charge is 2.31. The Morgan fingerprint density at radius 3 is 2.68 bits per heavy atom. The van der Waals surface area contributed by atoms with Crippen LogP contribution in [-0.2, 0) is 16.3 Å². The number of carbonyl (C=O) groups excluding carboxylic acids is 1. The number of aromatic nitrogens is 2. The Hall–Kier alpha value is -2.21. The van der Waals surface area contributed by atoms with Crippen LogP contribution >= 0.6 is 0 Å². The molecule has 1 aromatic heterocycles. The van der Waals surface area contributed by atoms with Crippen LogP contribution in [0.15, 0.2) is 29.8 Å². The largest absolute Gasteiger partial charge is 0.289 e. The van der Waals surface area contributed by atoms with Crippen molar-refractivity contribution in [1.29, 1.82) is 0 Å². The number of sulfone groups is 1. The van der Waals surface area contributed by atoms with Crippen LogP contribution < -0.4 is 0 Å². The molecule has 1 aliphatic heterocycles. The van der Waals surface area contributed by atoms with E-state index in [9.17, 15) is 13.2 Å². The number of aryl methyl sites for hydroxylation is 1. The molecule has 1 aromatic carbocycles. The zero-order chi connectivity index (χ0) is 17.8. The number of allylic oxidation sites excluding steroid dienone is 1. The molecule has 1 atom stereocenters. The van der Waals surface area contributed by atoms with E-state index < -0.39 is 9.84 Å². The minimum Gasteiger partial charge on any atom is -0.289 e. The zero-order valence-corrected chi connectivity index (χ0v) is 15.1. The monoisotopic (exact) mass is 356 g/mol. The van der Waals surface area contributed by atoms with Crippen LogP contribution in [0.5, 0.6) is 0 Å². The number of fused-ring (bicyclic) bond motifs is 1. The molecule has 0 radical (unpaired) electrons. The molecule has 5 nitrogen and oxygen atoms in total. The van der Waals surface area contributed by atoms with Crippen molar-refractivity contribution in [3.63, 3.8) is 0 Å². The smallest absolute Gasteiger partial charge is 0.189 e. The summed E-state index contributed by atoms with van der Waals surface area (Å²) in [5, 5.41) is 4.57. The lowest BCUT2D eigenvalue weighted by atomic mass is 10.1. The first-order chi connectivity index (χ1) is 11.9. The van der Waals surface area contributed by atoms with Crippen molar-refractivity contribution in [3.8, 4) is 0 Å². The number of carbonyl (C=O) groups is 1. The molecule has 1 saturated heterocycles. The van der Waals surface area contributed by atoms with Gasteiger partial charge in [0.05, 0.1) is 23.2 Å². The summed E-state index contributed by atoms with van der Waals surface area (Å²) < 4.78 is 25.4. The highest BCUT2D eigenvalue weighted by atomic mass is 32.2. The molecule has 130 valence electrons. The van der Waals surface area contributed by atoms with Gasteiger partial charge in [-0.15, -0.1) is 0 Å². The van der Waals surface area contributed by atoms with Gasteiger partial charge in [0, 0.05) is 28.8 Å². The molecule has 2 heterocycles. The predicted octanol–water partition coefficient (Wildman–Crippen LogP) is 2.68. The van der Waals surface area contributed by atoms with Gasteiger partial charge in [-0.25, -0.2) is 8.42 Å². The van der Waals surface area contributed by atoms with Crippen LogP contribution in [-0.4, -0.2) is 35.5 Å². The van der Waals surface area contributed by atoms with Gasteiger partial charge in [-0.2, -0.15) is 5.10 Å². The number of ketones is 1. The van der Waals surface area contributed by atoms with Crippen LogP contribution in [0.25, 0.3) is 6.08 Å². The van der Waals surface area contributed by atoms with Gasteiger partial charge in [-0.1, -0.05) is 24.3 Å². The molecule has 0 spiro atoms. The third-order valence-electron chi connectivity index (χ3n) is 5.19. The molecule has 1 fully saturated rings. The molecule has 0 saturated carbocycles. The molecule has 2 aliphatic rings. The molecule has 0 N–H and O–H groups in total. The van der Waals surface area contributed by atoms with Crippen molar-refractivity contribution in [1.82, 2.24) is 9.78 Å². The summed E-state index contributed by atoms with van der Waals surface area (Å²) in [6.45, 7) is 3.86. The van der Waals surface area contributed by atoms with Gasteiger partial charge in [-0.05, 0) is 31.9 Å². The molecule has 2 aromatic rings. The summed E-state index contributed by atoms with van der Waals surface area (Å²) in [7, 11) is -2.96. The molecular formula is C19H20N2O3S. The van der Waals surface area contributed by atoms with E-state index in [1.165, 1.54) is 0 Å². The van der Waals surface area contributed by atoms with Crippen LogP contribution in [0.1, 0.15) is 45.3 Å². The maximum atomic E-state index is 12.6. The number of hydrogen-bond donors (Lipinski definition) is 0. The van der Waals surface area contributed by atoms with E-state index >= 15 is 0 Å². The summed E-state index contributed by atoms with van der Waals surface area (Å²) in [5.41, 5.74) is 5.29. The lowest BCUT2D eigenvalue weighted by molar-refractivity contribution is 0.104. The second kappa shape index (κ2) is 5.66. The number of hydrogen-bond acceptors (Lipinski definition) is 4. The summed E-state index contributed by atoms with van der Waals surface area (Å²) in [6, 6.07) is 7.58. The van der Waals surface area contributed by atoms with Crippen LogP contribution in [0.4, 0.5) is 0 Å². The maximum Gasteiger partial charge on any atom is 0.189 e. The predicted molar refractivity (Wildman–Crippen MR) is 96.5 cm³/mol. The van der Waals surface area contributed by atoms with E-state index in [1.807, 2.05) is 48.9 Å². The first-order valence-corrected chi connectivity index (χ1v) is 10.3. The molecule has 1 aliphatic carbocycles. The van der Waals surface area contributed by atoms with E-state index in [1.54, 1.807) is 0 Å². The highest BCUT2D eigenvalue weighted by molar-refractivity contribution is 7.91.